The van der Waals surface area contributed by atoms with Crippen LogP contribution in [0.15, 0.2) is 18.2 Å². The molecule has 0 saturated carbocycles. The average molecular weight is 274 g/mol. The predicted molar refractivity (Wildman–Crippen MR) is 83.3 cm³/mol. The first-order chi connectivity index (χ1) is 9.74. The zero-order chi connectivity index (χ0) is 13.9. The van der Waals surface area contributed by atoms with Crippen LogP contribution in [0.4, 0.5) is 5.69 Å². The summed E-state index contributed by atoms with van der Waals surface area (Å²) < 4.78 is 5.61. The van der Waals surface area contributed by atoms with E-state index in [0.717, 1.165) is 19.7 Å². The summed E-state index contributed by atoms with van der Waals surface area (Å²) in [6.45, 7) is 6.34. The Kier molecular flexibility index (Phi) is 4.27. The van der Waals surface area contributed by atoms with E-state index >= 15 is 0 Å². The van der Waals surface area contributed by atoms with Gasteiger partial charge in [-0.05, 0) is 49.3 Å². The Balaban J connectivity index is 1.55. The van der Waals surface area contributed by atoms with Crippen molar-refractivity contribution in [2.45, 2.75) is 38.8 Å². The van der Waals surface area contributed by atoms with E-state index in [1.807, 2.05) is 0 Å². The summed E-state index contributed by atoms with van der Waals surface area (Å²) in [6, 6.07) is 6.93. The lowest BCUT2D eigenvalue weighted by Gasteiger charge is -2.28. The molecule has 0 bridgehead atoms. The highest BCUT2D eigenvalue weighted by atomic mass is 16.5. The second kappa shape index (κ2) is 6.15. The number of ether oxygens (including phenoxy) is 1. The van der Waals surface area contributed by atoms with Crippen LogP contribution in [-0.4, -0.2) is 32.8 Å². The standard InChI is InChI=1S/C17H26N2O/c1-13-16(7-9-20-13)12-18-11-14-5-6-17-15(10-14)4-3-8-19(17)2/h5-6,10,13,16,18H,3-4,7-9,11-12H2,1-2H3. The number of aryl methyl sites for hydroxylation is 1. The molecule has 1 saturated heterocycles. The SMILES string of the molecule is CC1OCCC1CNCc1ccc2c(c1)CCCN2C. The monoisotopic (exact) mass is 274 g/mol. The van der Waals surface area contributed by atoms with E-state index in [1.54, 1.807) is 0 Å². The van der Waals surface area contributed by atoms with Gasteiger partial charge in [-0.2, -0.15) is 0 Å². The lowest BCUT2D eigenvalue weighted by molar-refractivity contribution is 0.105. The van der Waals surface area contributed by atoms with Gasteiger partial charge < -0.3 is 15.0 Å². The highest BCUT2D eigenvalue weighted by Crippen LogP contribution is 2.26. The Bertz CT molecular complexity index is 460. The molecule has 1 fully saturated rings. The minimum absolute atomic E-state index is 0.416. The molecule has 2 atom stereocenters. The van der Waals surface area contributed by atoms with E-state index in [2.05, 4.69) is 42.4 Å². The minimum atomic E-state index is 0.416. The van der Waals surface area contributed by atoms with Crippen LogP contribution in [-0.2, 0) is 17.7 Å². The third-order valence-corrected chi connectivity index (χ3v) is 4.76. The molecule has 2 aliphatic heterocycles. The normalized spacial score (nSPS) is 25.8. The number of anilines is 1. The molecule has 0 aromatic heterocycles. The molecule has 1 aromatic carbocycles. The first-order valence-corrected chi connectivity index (χ1v) is 7.89. The Morgan fingerprint density at radius 2 is 2.30 bits per heavy atom. The first-order valence-electron chi connectivity index (χ1n) is 7.89. The average Bonchev–Trinajstić information content (AvgIpc) is 2.85. The van der Waals surface area contributed by atoms with Gasteiger partial charge in [0.05, 0.1) is 6.10 Å². The summed E-state index contributed by atoms with van der Waals surface area (Å²) in [5, 5.41) is 3.60. The van der Waals surface area contributed by atoms with Gasteiger partial charge in [0.1, 0.15) is 0 Å². The summed E-state index contributed by atoms with van der Waals surface area (Å²) >= 11 is 0. The minimum Gasteiger partial charge on any atom is -0.378 e. The predicted octanol–water partition coefficient (Wildman–Crippen LogP) is 2.58. The van der Waals surface area contributed by atoms with Crippen molar-refractivity contribution in [2.75, 3.05) is 31.6 Å². The van der Waals surface area contributed by atoms with Gasteiger partial charge in [-0.1, -0.05) is 12.1 Å². The van der Waals surface area contributed by atoms with Crippen LogP contribution in [0.5, 0.6) is 0 Å². The molecule has 3 nitrogen and oxygen atoms in total. The van der Waals surface area contributed by atoms with Crippen molar-refractivity contribution in [3.05, 3.63) is 29.3 Å². The molecule has 110 valence electrons. The zero-order valence-corrected chi connectivity index (χ0v) is 12.7. The van der Waals surface area contributed by atoms with E-state index in [-0.39, 0.29) is 0 Å². The van der Waals surface area contributed by atoms with Crippen molar-refractivity contribution in [1.82, 2.24) is 5.32 Å². The van der Waals surface area contributed by atoms with Gasteiger partial charge in [-0.3, -0.25) is 0 Å². The van der Waals surface area contributed by atoms with Crippen molar-refractivity contribution in [1.29, 1.82) is 0 Å². The molecule has 1 aromatic rings. The van der Waals surface area contributed by atoms with Crippen molar-refractivity contribution >= 4 is 5.69 Å². The van der Waals surface area contributed by atoms with Crippen LogP contribution in [0.25, 0.3) is 0 Å². The van der Waals surface area contributed by atoms with Crippen molar-refractivity contribution in [3.8, 4) is 0 Å². The molecule has 0 amide bonds. The summed E-state index contributed by atoms with van der Waals surface area (Å²) in [5.41, 5.74) is 4.33. The van der Waals surface area contributed by atoms with E-state index in [9.17, 15) is 0 Å². The van der Waals surface area contributed by atoms with E-state index in [4.69, 9.17) is 4.74 Å². The third kappa shape index (κ3) is 2.99. The van der Waals surface area contributed by atoms with Gasteiger partial charge in [0.2, 0.25) is 0 Å². The maximum atomic E-state index is 5.61. The second-order valence-electron chi connectivity index (χ2n) is 6.24. The molecular formula is C17H26N2O. The van der Waals surface area contributed by atoms with Gasteiger partial charge in [0.25, 0.3) is 0 Å². The van der Waals surface area contributed by atoms with Crippen LogP contribution >= 0.6 is 0 Å². The van der Waals surface area contributed by atoms with Gasteiger partial charge in [-0.15, -0.1) is 0 Å². The fourth-order valence-corrected chi connectivity index (χ4v) is 3.39. The molecular weight excluding hydrogens is 248 g/mol. The van der Waals surface area contributed by atoms with Crippen LogP contribution in [0, 0.1) is 5.92 Å². The number of nitrogens with zero attached hydrogens (tertiary/aromatic N) is 1. The van der Waals surface area contributed by atoms with Crippen LogP contribution in [0.2, 0.25) is 0 Å². The maximum Gasteiger partial charge on any atom is 0.0588 e. The molecule has 0 aliphatic carbocycles. The number of benzene rings is 1. The number of rotatable bonds is 4. The molecule has 2 unspecified atom stereocenters. The largest absolute Gasteiger partial charge is 0.378 e. The van der Waals surface area contributed by atoms with Crippen molar-refractivity contribution in [3.63, 3.8) is 0 Å². The maximum absolute atomic E-state index is 5.61. The highest BCUT2D eigenvalue weighted by molar-refractivity contribution is 5.56. The van der Waals surface area contributed by atoms with Gasteiger partial charge >= 0.3 is 0 Å². The molecule has 3 rings (SSSR count). The summed E-state index contributed by atoms with van der Waals surface area (Å²) in [5.74, 6) is 0.679. The number of nitrogens with one attached hydrogen (secondary N) is 1. The highest BCUT2D eigenvalue weighted by Gasteiger charge is 2.23. The third-order valence-electron chi connectivity index (χ3n) is 4.76. The number of hydrogen-bond donors (Lipinski definition) is 1. The topological polar surface area (TPSA) is 24.5 Å². The smallest absolute Gasteiger partial charge is 0.0588 e. The second-order valence-corrected chi connectivity index (χ2v) is 6.24. The number of fused-ring (bicyclic) bond motifs is 1. The summed E-state index contributed by atoms with van der Waals surface area (Å²) in [6.07, 6.45) is 4.11. The molecule has 2 aliphatic rings. The molecule has 3 heteroatoms. The van der Waals surface area contributed by atoms with E-state index in [0.29, 0.717) is 12.0 Å². The lowest BCUT2D eigenvalue weighted by Crippen LogP contribution is -2.27. The van der Waals surface area contributed by atoms with Gasteiger partial charge in [0, 0.05) is 39.0 Å². The quantitative estimate of drug-likeness (QED) is 0.913. The van der Waals surface area contributed by atoms with Crippen LogP contribution < -0.4 is 10.2 Å². The summed E-state index contributed by atoms with van der Waals surface area (Å²) in [4.78, 5) is 2.37. The molecule has 0 spiro atoms. The fourth-order valence-electron chi connectivity index (χ4n) is 3.39. The first kappa shape index (κ1) is 13.9. The van der Waals surface area contributed by atoms with E-state index < -0.39 is 0 Å². The Morgan fingerprint density at radius 1 is 1.40 bits per heavy atom. The fraction of sp³-hybridized carbons (Fsp3) is 0.647. The van der Waals surface area contributed by atoms with Crippen molar-refractivity contribution < 1.29 is 4.74 Å². The Labute approximate surface area is 122 Å². The zero-order valence-electron chi connectivity index (χ0n) is 12.7. The summed E-state index contributed by atoms with van der Waals surface area (Å²) in [7, 11) is 2.19. The Hall–Kier alpha value is -1.06. The van der Waals surface area contributed by atoms with Crippen molar-refractivity contribution in [2.24, 2.45) is 5.92 Å². The van der Waals surface area contributed by atoms with Gasteiger partial charge in [0.15, 0.2) is 0 Å². The van der Waals surface area contributed by atoms with E-state index in [1.165, 1.54) is 42.6 Å². The molecule has 2 heterocycles. The molecule has 1 N–H and O–H groups in total. The molecule has 20 heavy (non-hydrogen) atoms. The number of hydrogen-bond acceptors (Lipinski definition) is 3. The van der Waals surface area contributed by atoms with Gasteiger partial charge in [-0.25, -0.2) is 0 Å². The Morgan fingerprint density at radius 3 is 3.10 bits per heavy atom. The lowest BCUT2D eigenvalue weighted by atomic mass is 9.99. The van der Waals surface area contributed by atoms with Crippen LogP contribution in [0.3, 0.4) is 0 Å². The van der Waals surface area contributed by atoms with Crippen LogP contribution in [0.1, 0.15) is 30.9 Å². The molecule has 0 radical (unpaired) electrons.